The highest BCUT2D eigenvalue weighted by atomic mass is 35.5. The first-order chi connectivity index (χ1) is 6.38. The minimum Gasteiger partial charge on any atom is -0.383 e. The van der Waals surface area contributed by atoms with E-state index in [-0.39, 0.29) is 0 Å². The Morgan fingerprint density at radius 2 is 2.31 bits per heavy atom. The average molecular weight is 206 g/mol. The maximum Gasteiger partial charge on any atom is 0.0589 e. The molecule has 1 unspecified atom stereocenters. The van der Waals surface area contributed by atoms with Crippen LogP contribution >= 0.6 is 11.6 Å². The number of hydrogen-bond donors (Lipinski definition) is 0. The van der Waals surface area contributed by atoms with Crippen molar-refractivity contribution >= 4 is 11.6 Å². The topological polar surface area (TPSA) is 12.5 Å². The lowest BCUT2D eigenvalue weighted by molar-refractivity contribution is 0.0946. The molecule has 0 spiro atoms. The van der Waals surface area contributed by atoms with Crippen molar-refractivity contribution in [2.24, 2.45) is 0 Å². The number of likely N-dealkylation sites (tertiary alicyclic amines) is 1. The van der Waals surface area contributed by atoms with E-state index in [1.807, 2.05) is 0 Å². The van der Waals surface area contributed by atoms with Gasteiger partial charge in [-0.25, -0.2) is 0 Å². The zero-order valence-corrected chi connectivity index (χ0v) is 9.22. The molecule has 1 rings (SSSR count). The molecule has 1 saturated heterocycles. The molecule has 1 atom stereocenters. The maximum atomic E-state index is 5.78. The van der Waals surface area contributed by atoms with Gasteiger partial charge in [-0.05, 0) is 25.8 Å². The summed E-state index contributed by atoms with van der Waals surface area (Å²) in [6.45, 7) is 3.14. The lowest BCUT2D eigenvalue weighted by atomic mass is 10.0. The molecular weight excluding hydrogens is 186 g/mol. The minimum atomic E-state index is 0.710. The smallest absolute Gasteiger partial charge is 0.0589 e. The first kappa shape index (κ1) is 11.3. The molecule has 1 aliphatic rings. The Bertz CT molecular complexity index is 130. The van der Waals surface area contributed by atoms with Gasteiger partial charge in [0.15, 0.2) is 0 Å². The van der Waals surface area contributed by atoms with Crippen molar-refractivity contribution in [2.75, 3.05) is 32.7 Å². The standard InChI is InChI=1S/C10H20ClNO/c1-13-9-8-12-7-3-2-4-10(12)5-6-11/h10H,2-9H2,1H3. The summed E-state index contributed by atoms with van der Waals surface area (Å²) in [6, 6.07) is 0.710. The van der Waals surface area contributed by atoms with Gasteiger partial charge in [0.05, 0.1) is 6.61 Å². The highest BCUT2D eigenvalue weighted by molar-refractivity contribution is 6.17. The predicted octanol–water partition coefficient (Wildman–Crippen LogP) is 2.12. The van der Waals surface area contributed by atoms with Crippen LogP contribution in [-0.4, -0.2) is 43.6 Å². The summed E-state index contributed by atoms with van der Waals surface area (Å²) in [6.07, 6.45) is 5.15. The zero-order valence-electron chi connectivity index (χ0n) is 8.47. The third-order valence-electron chi connectivity index (χ3n) is 2.77. The second kappa shape index (κ2) is 6.63. The summed E-state index contributed by atoms with van der Waals surface area (Å²) in [5.41, 5.74) is 0. The number of alkyl halides is 1. The molecule has 0 amide bonds. The quantitative estimate of drug-likeness (QED) is 0.638. The van der Waals surface area contributed by atoms with Gasteiger partial charge in [0.1, 0.15) is 0 Å². The van der Waals surface area contributed by atoms with Gasteiger partial charge in [0.25, 0.3) is 0 Å². The number of halogens is 1. The Hall–Kier alpha value is 0.210. The first-order valence-corrected chi connectivity index (χ1v) is 5.71. The van der Waals surface area contributed by atoms with Crippen molar-refractivity contribution < 1.29 is 4.74 Å². The fourth-order valence-corrected chi connectivity index (χ4v) is 2.27. The van der Waals surface area contributed by atoms with Crippen molar-refractivity contribution in [1.29, 1.82) is 0 Å². The summed E-state index contributed by atoms with van der Waals surface area (Å²) in [7, 11) is 1.76. The van der Waals surface area contributed by atoms with E-state index in [2.05, 4.69) is 4.90 Å². The molecule has 0 aromatic heterocycles. The van der Waals surface area contributed by atoms with Crippen molar-refractivity contribution in [3.8, 4) is 0 Å². The summed E-state index contributed by atoms with van der Waals surface area (Å²) in [5, 5.41) is 0. The lowest BCUT2D eigenvalue weighted by Gasteiger charge is -2.35. The molecule has 0 aromatic rings. The molecule has 0 radical (unpaired) electrons. The molecule has 0 aliphatic carbocycles. The van der Waals surface area contributed by atoms with Crippen LogP contribution in [0.3, 0.4) is 0 Å². The molecular formula is C10H20ClNO. The molecule has 78 valence electrons. The van der Waals surface area contributed by atoms with Crippen LogP contribution in [0.2, 0.25) is 0 Å². The molecule has 2 nitrogen and oxygen atoms in total. The molecule has 13 heavy (non-hydrogen) atoms. The summed E-state index contributed by atoms with van der Waals surface area (Å²) in [4.78, 5) is 2.52. The van der Waals surface area contributed by atoms with Gasteiger partial charge in [0, 0.05) is 25.6 Å². The van der Waals surface area contributed by atoms with E-state index in [0.717, 1.165) is 25.5 Å². The van der Waals surface area contributed by atoms with Gasteiger partial charge in [-0.3, -0.25) is 4.90 Å². The summed E-state index contributed by atoms with van der Waals surface area (Å²) < 4.78 is 5.10. The van der Waals surface area contributed by atoms with Crippen LogP contribution in [-0.2, 0) is 4.74 Å². The maximum absolute atomic E-state index is 5.78. The van der Waals surface area contributed by atoms with Gasteiger partial charge in [-0.15, -0.1) is 11.6 Å². The van der Waals surface area contributed by atoms with Crippen LogP contribution in [0.15, 0.2) is 0 Å². The molecule has 1 fully saturated rings. The van der Waals surface area contributed by atoms with Crippen LogP contribution in [0.4, 0.5) is 0 Å². The van der Waals surface area contributed by atoms with Crippen LogP contribution < -0.4 is 0 Å². The van der Waals surface area contributed by atoms with Crippen LogP contribution in [0.5, 0.6) is 0 Å². The van der Waals surface area contributed by atoms with Gasteiger partial charge in [0.2, 0.25) is 0 Å². The zero-order chi connectivity index (χ0) is 9.52. The largest absolute Gasteiger partial charge is 0.383 e. The van der Waals surface area contributed by atoms with Gasteiger partial charge in [-0.2, -0.15) is 0 Å². The van der Waals surface area contributed by atoms with E-state index < -0.39 is 0 Å². The van der Waals surface area contributed by atoms with E-state index >= 15 is 0 Å². The molecule has 1 aliphatic heterocycles. The number of hydrogen-bond acceptors (Lipinski definition) is 2. The Morgan fingerprint density at radius 3 is 3.00 bits per heavy atom. The number of rotatable bonds is 5. The summed E-state index contributed by atoms with van der Waals surface area (Å²) in [5.74, 6) is 0.786. The molecule has 0 saturated carbocycles. The predicted molar refractivity (Wildman–Crippen MR) is 56.4 cm³/mol. The average Bonchev–Trinajstić information content (AvgIpc) is 2.17. The van der Waals surface area contributed by atoms with E-state index in [1.54, 1.807) is 7.11 Å². The normalized spacial score (nSPS) is 24.9. The Labute approximate surface area is 86.2 Å². The second-order valence-electron chi connectivity index (χ2n) is 3.66. The molecule has 1 heterocycles. The number of ether oxygens (including phenoxy) is 1. The highest BCUT2D eigenvalue weighted by Crippen LogP contribution is 2.19. The van der Waals surface area contributed by atoms with Gasteiger partial charge >= 0.3 is 0 Å². The van der Waals surface area contributed by atoms with Crippen molar-refractivity contribution in [3.05, 3.63) is 0 Å². The SMILES string of the molecule is COCCN1CCCCC1CCCl. The van der Waals surface area contributed by atoms with Crippen molar-refractivity contribution in [2.45, 2.75) is 31.7 Å². The lowest BCUT2D eigenvalue weighted by Crippen LogP contribution is -2.41. The van der Waals surface area contributed by atoms with Crippen LogP contribution in [0, 0.1) is 0 Å². The van der Waals surface area contributed by atoms with Gasteiger partial charge < -0.3 is 4.74 Å². The van der Waals surface area contributed by atoms with E-state index in [0.29, 0.717) is 6.04 Å². The molecule has 0 N–H and O–H groups in total. The van der Waals surface area contributed by atoms with E-state index in [9.17, 15) is 0 Å². The minimum absolute atomic E-state index is 0.710. The number of nitrogens with zero attached hydrogens (tertiary/aromatic N) is 1. The fraction of sp³-hybridized carbons (Fsp3) is 1.00. The number of piperidine rings is 1. The summed E-state index contributed by atoms with van der Waals surface area (Å²) >= 11 is 5.78. The van der Waals surface area contributed by atoms with Crippen molar-refractivity contribution in [3.63, 3.8) is 0 Å². The first-order valence-electron chi connectivity index (χ1n) is 5.17. The molecule has 0 bridgehead atoms. The van der Waals surface area contributed by atoms with Crippen molar-refractivity contribution in [1.82, 2.24) is 4.90 Å². The Morgan fingerprint density at radius 1 is 1.46 bits per heavy atom. The monoisotopic (exact) mass is 205 g/mol. The van der Waals surface area contributed by atoms with Crippen LogP contribution in [0.25, 0.3) is 0 Å². The Balaban J connectivity index is 2.28. The molecule has 0 aromatic carbocycles. The van der Waals surface area contributed by atoms with Crippen LogP contribution in [0.1, 0.15) is 25.7 Å². The Kier molecular flexibility index (Phi) is 5.76. The van der Waals surface area contributed by atoms with E-state index in [1.165, 1.54) is 25.8 Å². The third kappa shape index (κ3) is 3.84. The van der Waals surface area contributed by atoms with E-state index in [4.69, 9.17) is 16.3 Å². The van der Waals surface area contributed by atoms with Gasteiger partial charge in [-0.1, -0.05) is 6.42 Å². The molecule has 3 heteroatoms. The number of methoxy groups -OCH3 is 1. The third-order valence-corrected chi connectivity index (χ3v) is 2.99. The second-order valence-corrected chi connectivity index (χ2v) is 4.03. The fourth-order valence-electron chi connectivity index (χ4n) is 2.02. The highest BCUT2D eigenvalue weighted by Gasteiger charge is 2.20.